The number of aromatic nitrogens is 4. The second-order valence-corrected chi connectivity index (χ2v) is 4.31. The first-order valence-electron chi connectivity index (χ1n) is 6.21. The average Bonchev–Trinajstić information content (AvgIpc) is 3.15. The third kappa shape index (κ3) is 1.60. The molecule has 4 heterocycles. The van der Waals surface area contributed by atoms with Gasteiger partial charge in [-0.3, -0.25) is 9.55 Å². The standard InChI is InChI=1S/C15H10N4O/c1-4-11(10-16-7-1)19-14-12(5-2-8-17-14)18-15(19)13-6-3-9-20-13/h1-10H. The molecule has 20 heavy (non-hydrogen) atoms. The van der Waals surface area contributed by atoms with Crippen molar-refractivity contribution in [3.8, 4) is 17.3 Å². The fourth-order valence-electron chi connectivity index (χ4n) is 2.21. The Morgan fingerprint density at radius 2 is 1.95 bits per heavy atom. The molecular formula is C15H10N4O. The molecule has 0 saturated carbocycles. The Labute approximate surface area is 114 Å². The van der Waals surface area contributed by atoms with Gasteiger partial charge in [-0.1, -0.05) is 0 Å². The minimum Gasteiger partial charge on any atom is -0.461 e. The Kier molecular flexibility index (Phi) is 2.35. The monoisotopic (exact) mass is 262 g/mol. The van der Waals surface area contributed by atoms with Crippen molar-refractivity contribution in [2.24, 2.45) is 0 Å². The van der Waals surface area contributed by atoms with Crippen molar-refractivity contribution in [3.05, 3.63) is 61.3 Å². The summed E-state index contributed by atoms with van der Waals surface area (Å²) in [5, 5.41) is 0. The zero-order valence-electron chi connectivity index (χ0n) is 10.5. The predicted molar refractivity (Wildman–Crippen MR) is 74.4 cm³/mol. The third-order valence-electron chi connectivity index (χ3n) is 3.06. The van der Waals surface area contributed by atoms with E-state index in [4.69, 9.17) is 4.42 Å². The molecule has 0 aromatic carbocycles. The Balaban J connectivity index is 2.09. The Bertz CT molecular complexity index is 850. The van der Waals surface area contributed by atoms with Gasteiger partial charge in [0.1, 0.15) is 5.52 Å². The van der Waals surface area contributed by atoms with E-state index in [9.17, 15) is 0 Å². The highest BCUT2D eigenvalue weighted by Crippen LogP contribution is 2.27. The lowest BCUT2D eigenvalue weighted by molar-refractivity contribution is 0.576. The highest BCUT2D eigenvalue weighted by molar-refractivity contribution is 5.78. The second-order valence-electron chi connectivity index (χ2n) is 4.31. The molecule has 0 amide bonds. The Morgan fingerprint density at radius 3 is 2.75 bits per heavy atom. The topological polar surface area (TPSA) is 56.7 Å². The van der Waals surface area contributed by atoms with Gasteiger partial charge in [-0.05, 0) is 36.4 Å². The van der Waals surface area contributed by atoms with Crippen LogP contribution in [0.15, 0.2) is 65.7 Å². The van der Waals surface area contributed by atoms with Crippen molar-refractivity contribution in [2.75, 3.05) is 0 Å². The van der Waals surface area contributed by atoms with Crippen molar-refractivity contribution in [2.45, 2.75) is 0 Å². The molecule has 0 spiro atoms. The highest BCUT2D eigenvalue weighted by Gasteiger charge is 2.16. The first-order valence-corrected chi connectivity index (χ1v) is 6.21. The molecule has 0 saturated heterocycles. The van der Waals surface area contributed by atoms with Crippen LogP contribution in [0, 0.1) is 0 Å². The quantitative estimate of drug-likeness (QED) is 0.557. The van der Waals surface area contributed by atoms with E-state index in [0.29, 0.717) is 5.76 Å². The summed E-state index contributed by atoms with van der Waals surface area (Å²) in [7, 11) is 0. The van der Waals surface area contributed by atoms with E-state index >= 15 is 0 Å². The summed E-state index contributed by atoms with van der Waals surface area (Å²) < 4.78 is 7.43. The maximum Gasteiger partial charge on any atom is 0.183 e. The van der Waals surface area contributed by atoms with Gasteiger partial charge in [0.05, 0.1) is 18.1 Å². The molecule has 0 unspecified atom stereocenters. The number of furan rings is 1. The summed E-state index contributed by atoms with van der Waals surface area (Å²) in [6.07, 6.45) is 6.91. The molecule has 0 radical (unpaired) electrons. The highest BCUT2D eigenvalue weighted by atomic mass is 16.3. The van der Waals surface area contributed by atoms with E-state index in [1.807, 2.05) is 41.0 Å². The number of imidazole rings is 1. The summed E-state index contributed by atoms with van der Waals surface area (Å²) in [6.45, 7) is 0. The van der Waals surface area contributed by atoms with Gasteiger partial charge in [0.25, 0.3) is 0 Å². The lowest BCUT2D eigenvalue weighted by Gasteiger charge is -2.05. The summed E-state index contributed by atoms with van der Waals surface area (Å²) in [6, 6.07) is 11.4. The van der Waals surface area contributed by atoms with Crippen LogP contribution in [0.4, 0.5) is 0 Å². The lowest BCUT2D eigenvalue weighted by Crippen LogP contribution is -1.98. The van der Waals surface area contributed by atoms with Crippen molar-refractivity contribution in [1.82, 2.24) is 19.5 Å². The molecule has 0 fully saturated rings. The van der Waals surface area contributed by atoms with Gasteiger partial charge in [-0.2, -0.15) is 0 Å². The van der Waals surface area contributed by atoms with Crippen LogP contribution in [-0.4, -0.2) is 19.5 Å². The normalized spacial score (nSPS) is 11.0. The van der Waals surface area contributed by atoms with Crippen LogP contribution in [-0.2, 0) is 0 Å². The lowest BCUT2D eigenvalue weighted by atomic mass is 10.3. The SMILES string of the molecule is c1cncc(-n2c(-c3ccco3)nc3cccnc32)c1. The van der Waals surface area contributed by atoms with E-state index in [2.05, 4.69) is 15.0 Å². The van der Waals surface area contributed by atoms with Crippen LogP contribution < -0.4 is 0 Å². The van der Waals surface area contributed by atoms with Gasteiger partial charge >= 0.3 is 0 Å². The van der Waals surface area contributed by atoms with Crippen molar-refractivity contribution < 1.29 is 4.42 Å². The van der Waals surface area contributed by atoms with Crippen LogP contribution in [0.3, 0.4) is 0 Å². The molecule has 0 aliphatic heterocycles. The molecule has 4 aromatic rings. The van der Waals surface area contributed by atoms with Crippen LogP contribution in [0.25, 0.3) is 28.4 Å². The third-order valence-corrected chi connectivity index (χ3v) is 3.06. The molecule has 0 bridgehead atoms. The summed E-state index contributed by atoms with van der Waals surface area (Å²) in [5.74, 6) is 1.42. The second kappa shape index (κ2) is 4.31. The zero-order chi connectivity index (χ0) is 13.4. The Hall–Kier alpha value is -2.95. The smallest absolute Gasteiger partial charge is 0.183 e. The molecule has 0 N–H and O–H groups in total. The number of fused-ring (bicyclic) bond motifs is 1. The predicted octanol–water partition coefficient (Wildman–Crippen LogP) is 3.08. The summed E-state index contributed by atoms with van der Waals surface area (Å²) in [5.41, 5.74) is 2.51. The van der Waals surface area contributed by atoms with E-state index in [0.717, 1.165) is 22.7 Å². The van der Waals surface area contributed by atoms with Gasteiger partial charge in [-0.25, -0.2) is 9.97 Å². The van der Waals surface area contributed by atoms with Crippen LogP contribution in [0.1, 0.15) is 0 Å². The molecule has 4 aromatic heterocycles. The average molecular weight is 262 g/mol. The molecular weight excluding hydrogens is 252 g/mol. The number of rotatable bonds is 2. The molecule has 0 aliphatic carbocycles. The van der Waals surface area contributed by atoms with Crippen LogP contribution in [0.2, 0.25) is 0 Å². The van der Waals surface area contributed by atoms with E-state index in [1.165, 1.54) is 0 Å². The number of hydrogen-bond acceptors (Lipinski definition) is 4. The fraction of sp³-hybridized carbons (Fsp3) is 0. The van der Waals surface area contributed by atoms with Gasteiger partial charge in [0.15, 0.2) is 17.2 Å². The molecule has 0 aliphatic rings. The molecule has 5 heteroatoms. The summed E-state index contributed by atoms with van der Waals surface area (Å²) in [4.78, 5) is 13.2. The largest absolute Gasteiger partial charge is 0.461 e. The van der Waals surface area contributed by atoms with Crippen molar-refractivity contribution in [3.63, 3.8) is 0 Å². The van der Waals surface area contributed by atoms with Gasteiger partial charge < -0.3 is 4.42 Å². The van der Waals surface area contributed by atoms with Crippen LogP contribution >= 0.6 is 0 Å². The minimum absolute atomic E-state index is 0.701. The van der Waals surface area contributed by atoms with Crippen molar-refractivity contribution >= 4 is 11.2 Å². The first kappa shape index (κ1) is 10.9. The molecule has 5 nitrogen and oxygen atoms in total. The van der Waals surface area contributed by atoms with Crippen LogP contribution in [0.5, 0.6) is 0 Å². The summed E-state index contributed by atoms with van der Waals surface area (Å²) >= 11 is 0. The van der Waals surface area contributed by atoms with Crippen molar-refractivity contribution in [1.29, 1.82) is 0 Å². The maximum absolute atomic E-state index is 5.48. The van der Waals surface area contributed by atoms with E-state index in [-0.39, 0.29) is 0 Å². The van der Waals surface area contributed by atoms with Gasteiger partial charge in [-0.15, -0.1) is 0 Å². The Morgan fingerprint density at radius 1 is 1.00 bits per heavy atom. The van der Waals surface area contributed by atoms with E-state index in [1.54, 1.807) is 24.9 Å². The minimum atomic E-state index is 0.701. The van der Waals surface area contributed by atoms with Gasteiger partial charge in [0, 0.05) is 12.4 Å². The number of hydrogen-bond donors (Lipinski definition) is 0. The maximum atomic E-state index is 5.48. The zero-order valence-corrected chi connectivity index (χ0v) is 10.5. The molecule has 0 atom stereocenters. The first-order chi connectivity index (χ1) is 9.93. The molecule has 96 valence electrons. The molecule has 4 rings (SSSR count). The number of nitrogens with zero attached hydrogens (tertiary/aromatic N) is 4. The van der Waals surface area contributed by atoms with Gasteiger partial charge in [0.2, 0.25) is 0 Å². The van der Waals surface area contributed by atoms with E-state index < -0.39 is 0 Å². The number of pyridine rings is 2. The fourth-order valence-corrected chi connectivity index (χ4v) is 2.21.